The number of pyridine rings is 1. The first-order chi connectivity index (χ1) is 15.2. The lowest BCUT2D eigenvalue weighted by Crippen LogP contribution is -3.10. The van der Waals surface area contributed by atoms with Crippen LogP contribution < -0.4 is 10.2 Å². The third-order valence-electron chi connectivity index (χ3n) is 6.00. The summed E-state index contributed by atoms with van der Waals surface area (Å²) in [5.41, 5.74) is 4.54. The van der Waals surface area contributed by atoms with E-state index in [2.05, 4.69) is 29.6 Å². The van der Waals surface area contributed by atoms with Crippen molar-refractivity contribution in [3.05, 3.63) is 77.0 Å². The Morgan fingerprint density at radius 2 is 1.84 bits per heavy atom. The van der Waals surface area contributed by atoms with E-state index in [1.165, 1.54) is 10.5 Å². The van der Waals surface area contributed by atoms with E-state index in [4.69, 9.17) is 9.72 Å². The number of nitrogens with zero attached hydrogens (tertiary/aromatic N) is 1. The van der Waals surface area contributed by atoms with Gasteiger partial charge in [-0.05, 0) is 18.9 Å². The van der Waals surface area contributed by atoms with Gasteiger partial charge in [-0.15, -0.1) is 0 Å². The summed E-state index contributed by atoms with van der Waals surface area (Å²) in [5.74, 6) is -0.679. The first-order valence-electron chi connectivity index (χ1n) is 10.9. The van der Waals surface area contributed by atoms with Gasteiger partial charge in [0, 0.05) is 29.0 Å². The van der Waals surface area contributed by atoms with E-state index in [9.17, 15) is 9.59 Å². The van der Waals surface area contributed by atoms with Gasteiger partial charge in [0.05, 0.1) is 23.3 Å². The van der Waals surface area contributed by atoms with Crippen molar-refractivity contribution in [2.24, 2.45) is 0 Å². The zero-order chi connectivity index (χ0) is 21.2. The molecule has 2 aliphatic rings. The molecule has 2 heterocycles. The molecular weight excluding hydrogens is 390 g/mol. The van der Waals surface area contributed by atoms with Crippen molar-refractivity contribution in [1.82, 2.24) is 10.3 Å². The van der Waals surface area contributed by atoms with Gasteiger partial charge in [-0.1, -0.05) is 48.5 Å². The molecule has 1 aliphatic carbocycles. The fraction of sp³-hybridized carbons (Fsp3) is 0.320. The summed E-state index contributed by atoms with van der Waals surface area (Å²) in [6, 6.07) is 18.3. The zero-order valence-corrected chi connectivity index (χ0v) is 17.4. The molecule has 0 radical (unpaired) electrons. The number of quaternary nitrogens is 1. The van der Waals surface area contributed by atoms with Gasteiger partial charge >= 0.3 is 5.97 Å². The van der Waals surface area contributed by atoms with Gasteiger partial charge in [-0.2, -0.15) is 0 Å². The molecule has 0 spiro atoms. The number of amides is 1. The second kappa shape index (κ2) is 8.47. The van der Waals surface area contributed by atoms with Crippen molar-refractivity contribution >= 4 is 22.8 Å². The maximum Gasteiger partial charge on any atom is 0.339 e. The molecule has 1 fully saturated rings. The van der Waals surface area contributed by atoms with Crippen LogP contribution in [0.4, 0.5) is 0 Å². The van der Waals surface area contributed by atoms with Crippen molar-refractivity contribution in [2.75, 3.05) is 13.2 Å². The molecule has 0 bridgehead atoms. The number of ether oxygens (including phenoxy) is 1. The molecule has 1 aliphatic heterocycles. The molecule has 2 N–H and O–H groups in total. The number of fused-ring (bicyclic) bond motifs is 2. The van der Waals surface area contributed by atoms with Crippen molar-refractivity contribution in [3.63, 3.8) is 0 Å². The summed E-state index contributed by atoms with van der Waals surface area (Å²) in [5, 5.41) is 3.65. The maximum absolute atomic E-state index is 13.2. The molecule has 6 nitrogen and oxygen atoms in total. The first kappa shape index (κ1) is 19.7. The minimum atomic E-state index is -0.443. The van der Waals surface area contributed by atoms with Crippen LogP contribution in [0.25, 0.3) is 10.9 Å². The Bertz CT molecular complexity index is 1130. The Morgan fingerprint density at radius 3 is 2.65 bits per heavy atom. The Kier molecular flexibility index (Phi) is 5.38. The molecule has 1 atom stereocenters. The molecular formula is C25H26N3O3+. The predicted octanol–water partition coefficient (Wildman–Crippen LogP) is 1.81. The van der Waals surface area contributed by atoms with E-state index >= 15 is 0 Å². The van der Waals surface area contributed by atoms with Crippen LogP contribution in [-0.2, 0) is 29.0 Å². The standard InChI is InChI=1S/C25H25N3O3/c29-23(26-18-10-11-18)16-31-25(30)24-19-8-4-5-9-21(19)27-22-12-13-28(15-20(22)24)14-17-6-2-1-3-7-17/h1-9,18H,10-16H2,(H,26,29)/p+1. The van der Waals surface area contributed by atoms with E-state index in [1.807, 2.05) is 30.3 Å². The lowest BCUT2D eigenvalue weighted by Gasteiger charge is -2.27. The van der Waals surface area contributed by atoms with Gasteiger partial charge in [-0.25, -0.2) is 4.79 Å². The van der Waals surface area contributed by atoms with Crippen LogP contribution in [0.5, 0.6) is 0 Å². The average Bonchev–Trinajstić information content (AvgIpc) is 3.60. The molecule has 6 heteroatoms. The molecule has 31 heavy (non-hydrogen) atoms. The van der Waals surface area contributed by atoms with E-state index in [-0.39, 0.29) is 18.6 Å². The van der Waals surface area contributed by atoms with E-state index in [0.717, 1.165) is 54.5 Å². The molecule has 3 aromatic rings. The van der Waals surface area contributed by atoms with E-state index < -0.39 is 5.97 Å². The second-order valence-corrected chi connectivity index (χ2v) is 8.44. The number of carbonyl (C=O) groups is 2. The number of rotatable bonds is 6. The fourth-order valence-electron chi connectivity index (χ4n) is 4.30. The normalized spacial score (nSPS) is 17.7. The second-order valence-electron chi connectivity index (χ2n) is 8.44. The zero-order valence-electron chi connectivity index (χ0n) is 17.4. The summed E-state index contributed by atoms with van der Waals surface area (Å²) in [6.45, 7) is 2.32. The Morgan fingerprint density at radius 1 is 1.06 bits per heavy atom. The van der Waals surface area contributed by atoms with Gasteiger partial charge in [0.15, 0.2) is 6.61 Å². The highest BCUT2D eigenvalue weighted by molar-refractivity contribution is 6.05. The van der Waals surface area contributed by atoms with E-state index in [0.29, 0.717) is 12.1 Å². The summed E-state index contributed by atoms with van der Waals surface area (Å²) < 4.78 is 5.46. The van der Waals surface area contributed by atoms with Crippen LogP contribution in [0.3, 0.4) is 0 Å². The van der Waals surface area contributed by atoms with Crippen LogP contribution in [-0.4, -0.2) is 36.1 Å². The van der Waals surface area contributed by atoms with Crippen molar-refractivity contribution in [1.29, 1.82) is 0 Å². The van der Waals surface area contributed by atoms with Crippen molar-refractivity contribution in [3.8, 4) is 0 Å². The summed E-state index contributed by atoms with van der Waals surface area (Å²) in [4.78, 5) is 31.4. The van der Waals surface area contributed by atoms with Crippen LogP contribution in [0.2, 0.25) is 0 Å². The monoisotopic (exact) mass is 416 g/mol. The number of hydrogen-bond donors (Lipinski definition) is 2. The molecule has 158 valence electrons. The van der Waals surface area contributed by atoms with Gasteiger partial charge in [0.25, 0.3) is 5.91 Å². The highest BCUT2D eigenvalue weighted by Gasteiger charge is 2.29. The van der Waals surface area contributed by atoms with Crippen molar-refractivity contribution < 1.29 is 19.2 Å². The number of hydrogen-bond acceptors (Lipinski definition) is 4. The molecule has 1 saturated carbocycles. The largest absolute Gasteiger partial charge is 0.452 e. The predicted molar refractivity (Wildman–Crippen MR) is 117 cm³/mol. The number of aromatic nitrogens is 1. The molecule has 1 unspecified atom stereocenters. The summed E-state index contributed by atoms with van der Waals surface area (Å²) in [7, 11) is 0. The third-order valence-corrected chi connectivity index (χ3v) is 6.00. The molecule has 2 aromatic carbocycles. The summed E-state index contributed by atoms with van der Waals surface area (Å²) >= 11 is 0. The van der Waals surface area contributed by atoms with Gasteiger partial charge in [0.2, 0.25) is 0 Å². The summed E-state index contributed by atoms with van der Waals surface area (Å²) in [6.07, 6.45) is 2.81. The smallest absolute Gasteiger partial charge is 0.339 e. The van der Waals surface area contributed by atoms with Crippen molar-refractivity contribution in [2.45, 2.75) is 38.4 Å². The number of benzene rings is 2. The van der Waals surface area contributed by atoms with Gasteiger partial charge < -0.3 is 15.0 Å². The number of esters is 1. The van der Waals surface area contributed by atoms with Crippen LogP contribution in [0.15, 0.2) is 54.6 Å². The average molecular weight is 417 g/mol. The topological polar surface area (TPSA) is 72.7 Å². The molecule has 1 aromatic heterocycles. The maximum atomic E-state index is 13.2. The molecule has 5 rings (SSSR count). The van der Waals surface area contributed by atoms with Crippen LogP contribution >= 0.6 is 0 Å². The third kappa shape index (κ3) is 4.44. The quantitative estimate of drug-likeness (QED) is 0.602. The van der Waals surface area contributed by atoms with Crippen LogP contribution in [0.1, 0.15) is 40.0 Å². The SMILES string of the molecule is O=C(COC(=O)c1c2c(nc3ccccc13)CC[NH+](Cc1ccccc1)C2)NC1CC1. The number of nitrogens with one attached hydrogen (secondary N) is 2. The Balaban J connectivity index is 1.42. The van der Waals surface area contributed by atoms with Gasteiger partial charge in [0.1, 0.15) is 13.1 Å². The lowest BCUT2D eigenvalue weighted by atomic mass is 9.95. The lowest BCUT2D eigenvalue weighted by molar-refractivity contribution is -0.929. The minimum absolute atomic E-state index is 0.237. The van der Waals surface area contributed by atoms with Gasteiger partial charge in [-0.3, -0.25) is 9.78 Å². The Labute approximate surface area is 181 Å². The first-order valence-corrected chi connectivity index (χ1v) is 10.9. The Hall–Kier alpha value is -3.25. The fourth-order valence-corrected chi connectivity index (χ4v) is 4.30. The highest BCUT2D eigenvalue weighted by atomic mass is 16.5. The molecule has 0 saturated heterocycles. The highest BCUT2D eigenvalue weighted by Crippen LogP contribution is 2.26. The molecule has 1 amide bonds. The minimum Gasteiger partial charge on any atom is -0.452 e. The number of carbonyl (C=O) groups excluding carboxylic acids is 2. The van der Waals surface area contributed by atoms with Crippen LogP contribution in [0, 0.1) is 0 Å². The number of para-hydroxylation sites is 1. The van der Waals surface area contributed by atoms with E-state index in [1.54, 1.807) is 0 Å².